The number of ketones is 1. The number of ether oxygens (including phenoxy) is 3. The van der Waals surface area contributed by atoms with Gasteiger partial charge in [0.2, 0.25) is 0 Å². The van der Waals surface area contributed by atoms with Gasteiger partial charge in [-0.05, 0) is 59.2 Å². The molecule has 7 nitrogen and oxygen atoms in total. The molecule has 0 fully saturated rings. The predicted molar refractivity (Wildman–Crippen MR) is 167 cm³/mol. The van der Waals surface area contributed by atoms with Crippen LogP contribution in [-0.4, -0.2) is 29.6 Å². The fourth-order valence-electron chi connectivity index (χ4n) is 5.02. The normalized spacial score (nSPS) is 10.9. The molecule has 0 aliphatic heterocycles. The molecule has 6 rings (SSSR count). The van der Waals surface area contributed by atoms with Crippen LogP contribution in [0, 0.1) is 5.82 Å². The number of fused-ring (bicyclic) bond motifs is 1. The molecule has 4 aromatic carbocycles. The molecule has 0 saturated heterocycles. The van der Waals surface area contributed by atoms with Gasteiger partial charge in [-0.3, -0.25) is 19.1 Å². The van der Waals surface area contributed by atoms with Crippen LogP contribution >= 0.6 is 0 Å². The number of para-hydroxylation sites is 1. The zero-order valence-electron chi connectivity index (χ0n) is 24.0. The van der Waals surface area contributed by atoms with Crippen LogP contribution in [0.3, 0.4) is 0 Å². The van der Waals surface area contributed by atoms with Crippen LogP contribution in [0.5, 0.6) is 23.0 Å². The minimum atomic E-state index is -0.652. The number of carbonyl (C=O) groups excluding carboxylic acids is 1. The Kier molecular flexibility index (Phi) is 7.88. The minimum Gasteiger partial charge on any atom is -0.493 e. The Bertz CT molecular complexity index is 2040. The molecule has 0 saturated carbocycles. The first-order chi connectivity index (χ1) is 21.4. The van der Waals surface area contributed by atoms with Crippen molar-refractivity contribution in [3.63, 3.8) is 0 Å². The van der Waals surface area contributed by atoms with Gasteiger partial charge in [0.15, 0.2) is 28.8 Å². The molecule has 0 aliphatic carbocycles. The second kappa shape index (κ2) is 12.2. The number of nitrogens with zero attached hydrogens (tertiary/aromatic N) is 2. The third-order valence-electron chi connectivity index (χ3n) is 7.25. The van der Waals surface area contributed by atoms with E-state index in [-0.39, 0.29) is 17.7 Å². The summed E-state index contributed by atoms with van der Waals surface area (Å²) in [5.74, 6) is 0.260. The zero-order chi connectivity index (χ0) is 30.6. The van der Waals surface area contributed by atoms with Crippen LogP contribution in [0.1, 0.15) is 15.9 Å². The lowest BCUT2D eigenvalue weighted by molar-refractivity contribution is 0.0991. The summed E-state index contributed by atoms with van der Waals surface area (Å²) in [5, 5.41) is 0.608. The number of rotatable bonds is 9. The van der Waals surface area contributed by atoms with Crippen LogP contribution < -0.4 is 19.8 Å². The second-order valence-electron chi connectivity index (χ2n) is 10.0. The molecule has 218 valence electrons. The molecule has 0 spiro atoms. The summed E-state index contributed by atoms with van der Waals surface area (Å²) < 4.78 is 33.5. The molecular formula is C36H27FN2O5. The van der Waals surface area contributed by atoms with Gasteiger partial charge < -0.3 is 14.2 Å². The number of aromatic nitrogens is 2. The molecule has 0 amide bonds. The van der Waals surface area contributed by atoms with Crippen molar-refractivity contribution < 1.29 is 23.4 Å². The molecule has 0 radical (unpaired) electrons. The smallest absolute Gasteiger partial charge is 0.266 e. The number of hydrogen-bond acceptors (Lipinski definition) is 6. The SMILES string of the molecule is COc1cc2nccc(Oc3ccc(CC(=O)c4cc(-c5ccccc5)cn(-c5ccccc5)c4=O)cc3F)c2cc1OC. The number of Topliss-reactive ketones (excluding diaryl/α,β-unsaturated/α-hetero) is 1. The highest BCUT2D eigenvalue weighted by Crippen LogP contribution is 2.37. The Morgan fingerprint density at radius 2 is 1.48 bits per heavy atom. The number of methoxy groups -OCH3 is 2. The number of hydrogen-bond donors (Lipinski definition) is 0. The highest BCUT2D eigenvalue weighted by molar-refractivity contribution is 5.98. The monoisotopic (exact) mass is 586 g/mol. The van der Waals surface area contributed by atoms with Crippen LogP contribution in [0.4, 0.5) is 4.39 Å². The number of pyridine rings is 2. The lowest BCUT2D eigenvalue weighted by atomic mass is 10.00. The highest BCUT2D eigenvalue weighted by Gasteiger charge is 2.18. The van der Waals surface area contributed by atoms with Crippen molar-refractivity contribution in [2.24, 2.45) is 0 Å². The fourth-order valence-corrected chi connectivity index (χ4v) is 5.02. The van der Waals surface area contributed by atoms with Gasteiger partial charge in [0.1, 0.15) is 5.75 Å². The summed E-state index contributed by atoms with van der Waals surface area (Å²) in [7, 11) is 3.06. The van der Waals surface area contributed by atoms with Crippen LogP contribution in [0.15, 0.2) is 120 Å². The van der Waals surface area contributed by atoms with Gasteiger partial charge in [-0.2, -0.15) is 0 Å². The average molecular weight is 587 g/mol. The molecule has 2 heterocycles. The van der Waals surface area contributed by atoms with Crippen molar-refractivity contribution >= 4 is 16.7 Å². The topological polar surface area (TPSA) is 79.7 Å². The number of carbonyl (C=O) groups is 1. The van der Waals surface area contributed by atoms with Gasteiger partial charge in [-0.15, -0.1) is 0 Å². The quantitative estimate of drug-likeness (QED) is 0.164. The molecule has 8 heteroatoms. The van der Waals surface area contributed by atoms with Gasteiger partial charge >= 0.3 is 0 Å². The Morgan fingerprint density at radius 1 is 0.773 bits per heavy atom. The van der Waals surface area contributed by atoms with Crippen molar-refractivity contribution in [1.82, 2.24) is 9.55 Å². The lowest BCUT2D eigenvalue weighted by Crippen LogP contribution is -2.26. The Hall–Kier alpha value is -5.76. The summed E-state index contributed by atoms with van der Waals surface area (Å²) in [4.78, 5) is 31.4. The summed E-state index contributed by atoms with van der Waals surface area (Å²) in [6.45, 7) is 0. The molecule has 0 aliphatic rings. The Labute approximate surface area is 252 Å². The van der Waals surface area contributed by atoms with E-state index in [0.717, 1.165) is 5.56 Å². The lowest BCUT2D eigenvalue weighted by Gasteiger charge is -2.13. The van der Waals surface area contributed by atoms with E-state index in [1.165, 1.54) is 30.9 Å². The highest BCUT2D eigenvalue weighted by atomic mass is 19.1. The average Bonchev–Trinajstić information content (AvgIpc) is 3.06. The van der Waals surface area contributed by atoms with E-state index in [1.54, 1.807) is 54.9 Å². The summed E-state index contributed by atoms with van der Waals surface area (Å²) in [6, 6.07) is 29.6. The largest absolute Gasteiger partial charge is 0.493 e. The summed E-state index contributed by atoms with van der Waals surface area (Å²) >= 11 is 0. The molecule has 0 bridgehead atoms. The maximum absolute atomic E-state index is 15.3. The van der Waals surface area contributed by atoms with Crippen molar-refractivity contribution in [2.45, 2.75) is 6.42 Å². The molecular weight excluding hydrogens is 559 g/mol. The summed E-state index contributed by atoms with van der Waals surface area (Å²) in [5.41, 5.74) is 2.77. The van der Waals surface area contributed by atoms with Crippen LogP contribution in [0.25, 0.3) is 27.7 Å². The Balaban J connectivity index is 1.30. The standard InChI is InChI=1S/C36H27FN2O5/c1-42-34-20-27-30(21-35(34)43-2)38-16-15-32(27)44-33-14-13-23(17-29(33)37)18-31(40)28-19-25(24-9-5-3-6-10-24)22-39(36(28)41)26-11-7-4-8-12-26/h3-17,19-22H,18H2,1-2H3. The van der Waals surface area contributed by atoms with Crippen molar-refractivity contribution in [3.8, 4) is 39.8 Å². The third kappa shape index (κ3) is 5.65. The van der Waals surface area contributed by atoms with Gasteiger partial charge in [0, 0.05) is 36.0 Å². The fraction of sp³-hybridized carbons (Fsp3) is 0.0833. The second-order valence-corrected chi connectivity index (χ2v) is 10.0. The van der Waals surface area contributed by atoms with Gasteiger partial charge in [-0.1, -0.05) is 54.6 Å². The van der Waals surface area contributed by atoms with Gasteiger partial charge in [-0.25, -0.2) is 4.39 Å². The van der Waals surface area contributed by atoms with Crippen LogP contribution in [0.2, 0.25) is 0 Å². The zero-order valence-corrected chi connectivity index (χ0v) is 24.0. The molecule has 0 N–H and O–H groups in total. The van der Waals surface area contributed by atoms with E-state index in [4.69, 9.17) is 14.2 Å². The van der Waals surface area contributed by atoms with E-state index in [9.17, 15) is 9.59 Å². The van der Waals surface area contributed by atoms with E-state index in [2.05, 4.69) is 4.98 Å². The molecule has 44 heavy (non-hydrogen) atoms. The van der Waals surface area contributed by atoms with Crippen molar-refractivity contribution in [3.05, 3.63) is 143 Å². The predicted octanol–water partition coefficient (Wildman–Crippen LogP) is 7.43. The number of halogens is 1. The minimum absolute atomic E-state index is 0.0172. The third-order valence-corrected chi connectivity index (χ3v) is 7.25. The van der Waals surface area contributed by atoms with Gasteiger partial charge in [0.25, 0.3) is 5.56 Å². The molecule has 6 aromatic rings. The Morgan fingerprint density at radius 3 is 2.18 bits per heavy atom. The van der Waals surface area contributed by atoms with Crippen molar-refractivity contribution in [1.29, 1.82) is 0 Å². The van der Waals surface area contributed by atoms with E-state index < -0.39 is 17.2 Å². The van der Waals surface area contributed by atoms with Crippen molar-refractivity contribution in [2.75, 3.05) is 14.2 Å². The van der Waals surface area contributed by atoms with E-state index in [1.807, 2.05) is 48.5 Å². The van der Waals surface area contributed by atoms with E-state index >= 15 is 4.39 Å². The maximum Gasteiger partial charge on any atom is 0.266 e. The maximum atomic E-state index is 15.3. The molecule has 0 unspecified atom stereocenters. The number of benzene rings is 4. The van der Waals surface area contributed by atoms with Crippen LogP contribution in [-0.2, 0) is 6.42 Å². The first-order valence-corrected chi connectivity index (χ1v) is 13.8. The van der Waals surface area contributed by atoms with E-state index in [0.29, 0.717) is 45.0 Å². The first-order valence-electron chi connectivity index (χ1n) is 13.8. The first kappa shape index (κ1) is 28.4. The van der Waals surface area contributed by atoms with Gasteiger partial charge in [0.05, 0.1) is 25.3 Å². The summed E-state index contributed by atoms with van der Waals surface area (Å²) in [6.07, 6.45) is 3.11. The molecule has 0 atom stereocenters. The molecule has 2 aromatic heterocycles.